The number of rotatable bonds is 4. The highest BCUT2D eigenvalue weighted by atomic mass is 16.7. The number of benzene rings is 2. The Morgan fingerprint density at radius 1 is 1.07 bits per heavy atom. The molecule has 1 atom stereocenters. The third-order valence-electron chi connectivity index (χ3n) is 5.24. The van der Waals surface area contributed by atoms with Gasteiger partial charge in [-0.3, -0.25) is 0 Å². The second kappa shape index (κ2) is 7.50. The van der Waals surface area contributed by atoms with Crippen molar-refractivity contribution in [2.75, 3.05) is 27.6 Å². The Hall–Kier alpha value is -3.09. The minimum Gasteiger partial charge on any atom is -0.493 e. The van der Waals surface area contributed by atoms with Crippen LogP contribution < -0.4 is 24.3 Å². The molecule has 2 aliphatic heterocycles. The van der Waals surface area contributed by atoms with Crippen molar-refractivity contribution in [2.45, 2.75) is 25.9 Å². The van der Waals surface area contributed by atoms with Crippen molar-refractivity contribution in [2.24, 2.45) is 0 Å². The first-order valence-corrected chi connectivity index (χ1v) is 9.28. The van der Waals surface area contributed by atoms with E-state index >= 15 is 0 Å². The Kier molecular flexibility index (Phi) is 4.90. The van der Waals surface area contributed by atoms with Crippen LogP contribution in [-0.4, -0.2) is 38.5 Å². The van der Waals surface area contributed by atoms with Gasteiger partial charge in [0.15, 0.2) is 23.0 Å². The minimum atomic E-state index is -0.145. The predicted octanol–water partition coefficient (Wildman–Crippen LogP) is 3.26. The van der Waals surface area contributed by atoms with Crippen molar-refractivity contribution >= 4 is 6.03 Å². The lowest BCUT2D eigenvalue weighted by Crippen LogP contribution is -2.43. The van der Waals surface area contributed by atoms with Crippen LogP contribution in [0.5, 0.6) is 23.0 Å². The maximum atomic E-state index is 12.8. The molecule has 0 saturated heterocycles. The van der Waals surface area contributed by atoms with Crippen molar-refractivity contribution in [1.82, 2.24) is 10.2 Å². The zero-order valence-corrected chi connectivity index (χ0v) is 16.3. The van der Waals surface area contributed by atoms with Gasteiger partial charge in [0, 0.05) is 13.1 Å². The van der Waals surface area contributed by atoms with Crippen molar-refractivity contribution < 1.29 is 23.7 Å². The maximum Gasteiger partial charge on any atom is 0.318 e. The van der Waals surface area contributed by atoms with Gasteiger partial charge in [0.2, 0.25) is 6.79 Å². The molecule has 28 heavy (non-hydrogen) atoms. The number of methoxy groups -OCH3 is 2. The van der Waals surface area contributed by atoms with Gasteiger partial charge in [-0.05, 0) is 54.3 Å². The van der Waals surface area contributed by atoms with Crippen LogP contribution in [-0.2, 0) is 13.0 Å². The van der Waals surface area contributed by atoms with Crippen LogP contribution in [0.3, 0.4) is 0 Å². The van der Waals surface area contributed by atoms with Gasteiger partial charge in [-0.25, -0.2) is 4.79 Å². The second-order valence-electron chi connectivity index (χ2n) is 6.93. The van der Waals surface area contributed by atoms with Crippen LogP contribution in [0.25, 0.3) is 0 Å². The van der Waals surface area contributed by atoms with E-state index in [1.165, 1.54) is 5.56 Å². The fourth-order valence-electron chi connectivity index (χ4n) is 3.60. The van der Waals surface area contributed by atoms with Crippen molar-refractivity contribution in [1.29, 1.82) is 0 Å². The Balaban J connectivity index is 1.44. The van der Waals surface area contributed by atoms with E-state index in [0.717, 1.165) is 29.0 Å². The molecule has 0 saturated carbocycles. The van der Waals surface area contributed by atoms with Gasteiger partial charge >= 0.3 is 6.03 Å². The normalized spacial score (nSPS) is 15.6. The molecule has 0 spiro atoms. The molecule has 7 nitrogen and oxygen atoms in total. The highest BCUT2D eigenvalue weighted by Gasteiger charge is 2.24. The summed E-state index contributed by atoms with van der Waals surface area (Å²) in [6.07, 6.45) is 0.779. The summed E-state index contributed by atoms with van der Waals surface area (Å²) in [5, 5.41) is 3.07. The van der Waals surface area contributed by atoms with E-state index in [2.05, 4.69) is 5.32 Å². The summed E-state index contributed by atoms with van der Waals surface area (Å²) in [6, 6.07) is 9.45. The highest BCUT2D eigenvalue weighted by Crippen LogP contribution is 2.35. The Labute approximate surface area is 164 Å². The van der Waals surface area contributed by atoms with E-state index in [-0.39, 0.29) is 18.9 Å². The number of hydrogen-bond acceptors (Lipinski definition) is 5. The quantitative estimate of drug-likeness (QED) is 0.876. The monoisotopic (exact) mass is 384 g/mol. The molecule has 4 rings (SSSR count). The van der Waals surface area contributed by atoms with Gasteiger partial charge in [0.1, 0.15) is 0 Å². The number of carbonyl (C=O) groups excluding carboxylic acids is 1. The van der Waals surface area contributed by atoms with Crippen LogP contribution in [0.4, 0.5) is 4.79 Å². The zero-order chi connectivity index (χ0) is 19.7. The van der Waals surface area contributed by atoms with Crippen molar-refractivity contribution in [3.8, 4) is 23.0 Å². The molecule has 2 aliphatic rings. The van der Waals surface area contributed by atoms with E-state index in [4.69, 9.17) is 18.9 Å². The molecule has 2 aromatic carbocycles. The summed E-state index contributed by atoms with van der Waals surface area (Å²) in [4.78, 5) is 14.6. The number of nitrogens with one attached hydrogen (secondary N) is 1. The maximum absolute atomic E-state index is 12.8. The minimum absolute atomic E-state index is 0.0920. The molecule has 2 heterocycles. The van der Waals surface area contributed by atoms with Gasteiger partial charge in [0.25, 0.3) is 0 Å². The lowest BCUT2D eigenvalue weighted by Gasteiger charge is -2.31. The first-order chi connectivity index (χ1) is 13.6. The summed E-state index contributed by atoms with van der Waals surface area (Å²) < 4.78 is 21.5. The summed E-state index contributed by atoms with van der Waals surface area (Å²) in [6.45, 7) is 3.39. The molecule has 7 heteroatoms. The molecule has 2 amide bonds. The number of carbonyl (C=O) groups is 1. The lowest BCUT2D eigenvalue weighted by molar-refractivity contribution is 0.174. The first kappa shape index (κ1) is 18.3. The summed E-state index contributed by atoms with van der Waals surface area (Å²) in [5.41, 5.74) is 3.24. The third kappa shape index (κ3) is 3.40. The van der Waals surface area contributed by atoms with Gasteiger partial charge in [-0.2, -0.15) is 0 Å². The van der Waals surface area contributed by atoms with Crippen LogP contribution in [0.1, 0.15) is 29.7 Å². The molecule has 0 radical (unpaired) electrons. The number of amides is 2. The molecule has 148 valence electrons. The number of nitrogens with zero attached hydrogens (tertiary/aromatic N) is 1. The SMILES string of the molecule is COc1cc2c(cc1OC)CN(C(=O)NC(C)c1ccc3c(c1)OCO3)CC2. The lowest BCUT2D eigenvalue weighted by atomic mass is 9.99. The molecule has 1 unspecified atom stereocenters. The van der Waals surface area contributed by atoms with Gasteiger partial charge in [0.05, 0.1) is 20.3 Å². The standard InChI is InChI=1S/C21H24N2O5/c1-13(14-4-5-17-20(8-14)28-12-27-17)22-21(24)23-7-6-15-9-18(25-2)19(26-3)10-16(15)11-23/h4-5,8-10,13H,6-7,11-12H2,1-3H3,(H,22,24). The third-order valence-corrected chi connectivity index (χ3v) is 5.24. The van der Waals surface area contributed by atoms with Crippen LogP contribution >= 0.6 is 0 Å². The number of fused-ring (bicyclic) bond motifs is 2. The average molecular weight is 384 g/mol. The first-order valence-electron chi connectivity index (χ1n) is 9.28. The second-order valence-corrected chi connectivity index (χ2v) is 6.93. The van der Waals surface area contributed by atoms with Crippen molar-refractivity contribution in [3.63, 3.8) is 0 Å². The average Bonchev–Trinajstić information content (AvgIpc) is 3.19. The van der Waals surface area contributed by atoms with E-state index in [9.17, 15) is 4.79 Å². The van der Waals surface area contributed by atoms with Crippen molar-refractivity contribution in [3.05, 3.63) is 47.0 Å². The summed E-state index contributed by atoms with van der Waals surface area (Å²) in [7, 11) is 3.24. The summed E-state index contributed by atoms with van der Waals surface area (Å²) >= 11 is 0. The molecule has 0 aromatic heterocycles. The largest absolute Gasteiger partial charge is 0.493 e. The fraction of sp³-hybridized carbons (Fsp3) is 0.381. The molecule has 0 fully saturated rings. The van der Waals surface area contributed by atoms with Crippen LogP contribution in [0, 0.1) is 0 Å². The zero-order valence-electron chi connectivity index (χ0n) is 16.3. The van der Waals surface area contributed by atoms with E-state index in [0.29, 0.717) is 24.6 Å². The predicted molar refractivity (Wildman–Crippen MR) is 103 cm³/mol. The van der Waals surface area contributed by atoms with Crippen LogP contribution in [0.2, 0.25) is 0 Å². The fourth-order valence-corrected chi connectivity index (χ4v) is 3.60. The molecule has 1 N–H and O–H groups in total. The van der Waals surface area contributed by atoms with E-state index in [1.807, 2.05) is 42.2 Å². The molecular formula is C21H24N2O5. The van der Waals surface area contributed by atoms with E-state index < -0.39 is 0 Å². The Morgan fingerprint density at radius 3 is 2.54 bits per heavy atom. The van der Waals surface area contributed by atoms with Gasteiger partial charge < -0.3 is 29.2 Å². The van der Waals surface area contributed by atoms with Gasteiger partial charge in [-0.1, -0.05) is 6.07 Å². The highest BCUT2D eigenvalue weighted by molar-refractivity contribution is 5.75. The smallest absolute Gasteiger partial charge is 0.318 e. The van der Waals surface area contributed by atoms with Crippen LogP contribution in [0.15, 0.2) is 30.3 Å². The number of ether oxygens (including phenoxy) is 4. The van der Waals surface area contributed by atoms with Gasteiger partial charge in [-0.15, -0.1) is 0 Å². The molecule has 2 aromatic rings. The summed E-state index contributed by atoms with van der Waals surface area (Å²) in [5.74, 6) is 2.85. The number of urea groups is 1. The Morgan fingerprint density at radius 2 is 1.79 bits per heavy atom. The van der Waals surface area contributed by atoms with E-state index in [1.54, 1.807) is 14.2 Å². The topological polar surface area (TPSA) is 69.3 Å². The molecular weight excluding hydrogens is 360 g/mol. The molecule has 0 bridgehead atoms. The molecule has 0 aliphatic carbocycles. The number of hydrogen-bond donors (Lipinski definition) is 1. The Bertz CT molecular complexity index is 899.